The number of amidine groups is 1. The first-order valence-corrected chi connectivity index (χ1v) is 9.21. The van der Waals surface area contributed by atoms with E-state index in [-0.39, 0.29) is 11.3 Å². The molecule has 0 saturated carbocycles. The minimum Gasteiger partial charge on any atom is -0.494 e. The first-order chi connectivity index (χ1) is 12.4. The lowest BCUT2D eigenvalue weighted by Crippen LogP contribution is -2.19. The molecule has 1 N–H and O–H groups in total. The lowest BCUT2D eigenvalue weighted by Gasteiger charge is -2.18. The lowest BCUT2D eigenvalue weighted by atomic mass is 9.87. The molecule has 5 heteroatoms. The van der Waals surface area contributed by atoms with Crippen LogP contribution >= 0.6 is 11.8 Å². The quantitative estimate of drug-likeness (QED) is 0.787. The summed E-state index contributed by atoms with van der Waals surface area (Å²) in [6.07, 6.45) is 1.89. The van der Waals surface area contributed by atoms with E-state index in [1.165, 1.54) is 17.3 Å². The molecule has 0 atom stereocenters. The summed E-state index contributed by atoms with van der Waals surface area (Å²) >= 11 is 1.33. The summed E-state index contributed by atoms with van der Waals surface area (Å²) in [5.74, 6) is 0.536. The predicted octanol–water partition coefficient (Wildman–Crippen LogP) is 4.88. The summed E-state index contributed by atoms with van der Waals surface area (Å²) < 4.78 is 5.30. The van der Waals surface area contributed by atoms with Crippen LogP contribution < -0.4 is 10.1 Å². The number of thioether (sulfide) groups is 1. The summed E-state index contributed by atoms with van der Waals surface area (Å²) in [6, 6.07) is 15.8. The highest BCUT2D eigenvalue weighted by Crippen LogP contribution is 2.32. The molecule has 0 aromatic heterocycles. The van der Waals surface area contributed by atoms with Gasteiger partial charge in [-0.05, 0) is 46.5 Å². The molecule has 3 rings (SSSR count). The first-order valence-electron chi connectivity index (χ1n) is 8.40. The number of hydrogen-bond acceptors (Lipinski definition) is 4. The minimum atomic E-state index is -0.136. The van der Waals surface area contributed by atoms with Crippen molar-refractivity contribution in [2.24, 2.45) is 4.99 Å². The molecule has 0 unspecified atom stereocenters. The summed E-state index contributed by atoms with van der Waals surface area (Å²) in [4.78, 5) is 17.4. The van der Waals surface area contributed by atoms with Gasteiger partial charge in [-0.3, -0.25) is 4.79 Å². The molecule has 0 aliphatic carbocycles. The molecule has 2 aromatic carbocycles. The van der Waals surface area contributed by atoms with Gasteiger partial charge < -0.3 is 10.1 Å². The van der Waals surface area contributed by atoms with Gasteiger partial charge in [0, 0.05) is 0 Å². The zero-order valence-electron chi connectivity index (χ0n) is 15.4. The summed E-state index contributed by atoms with van der Waals surface area (Å²) in [5, 5.41) is 3.36. The van der Waals surface area contributed by atoms with E-state index in [0.717, 1.165) is 5.56 Å². The Labute approximate surface area is 158 Å². The van der Waals surface area contributed by atoms with Crippen LogP contribution in [0.3, 0.4) is 0 Å². The first kappa shape index (κ1) is 18.3. The maximum absolute atomic E-state index is 12.2. The normalized spacial score (nSPS) is 17.6. The van der Waals surface area contributed by atoms with Gasteiger partial charge in [0.2, 0.25) is 0 Å². The topological polar surface area (TPSA) is 50.7 Å². The molecule has 1 aliphatic rings. The number of rotatable bonds is 3. The van der Waals surface area contributed by atoms with Crippen LogP contribution in [0, 0.1) is 0 Å². The standard InChI is InChI=1S/C21H22N2O2S/c1-21(2,3)15-11-9-14(10-12-15)13-18-19(24)23-20(26-18)22-16-7-5-6-8-17(16)25-4/h5-13H,1-4H3,(H,22,23,24). The second kappa shape index (κ2) is 7.38. The molecule has 1 fully saturated rings. The Morgan fingerprint density at radius 2 is 1.77 bits per heavy atom. The molecule has 26 heavy (non-hydrogen) atoms. The smallest absolute Gasteiger partial charge is 0.264 e. The molecule has 0 radical (unpaired) electrons. The van der Waals surface area contributed by atoms with Gasteiger partial charge in [-0.2, -0.15) is 0 Å². The number of para-hydroxylation sites is 2. The van der Waals surface area contributed by atoms with Gasteiger partial charge >= 0.3 is 0 Å². The van der Waals surface area contributed by atoms with Gasteiger partial charge in [0.15, 0.2) is 5.17 Å². The van der Waals surface area contributed by atoms with Crippen molar-refractivity contribution >= 4 is 34.6 Å². The highest BCUT2D eigenvalue weighted by atomic mass is 32.2. The Kier molecular flexibility index (Phi) is 5.18. The highest BCUT2D eigenvalue weighted by Gasteiger charge is 2.24. The van der Waals surface area contributed by atoms with Gasteiger partial charge in [-0.25, -0.2) is 4.99 Å². The molecular weight excluding hydrogens is 344 g/mol. The zero-order chi connectivity index (χ0) is 18.7. The summed E-state index contributed by atoms with van der Waals surface area (Å²) in [5.41, 5.74) is 3.06. The van der Waals surface area contributed by atoms with Crippen LogP contribution in [0.15, 0.2) is 58.4 Å². The molecule has 2 aromatic rings. The van der Waals surface area contributed by atoms with E-state index in [0.29, 0.717) is 21.5 Å². The number of aliphatic imine (C=N–C) groups is 1. The number of methoxy groups -OCH3 is 1. The predicted molar refractivity (Wildman–Crippen MR) is 109 cm³/mol. The monoisotopic (exact) mass is 366 g/mol. The van der Waals surface area contributed by atoms with Gasteiger partial charge in [0.05, 0.1) is 12.0 Å². The molecule has 4 nitrogen and oxygen atoms in total. The van der Waals surface area contributed by atoms with Crippen molar-refractivity contribution in [1.29, 1.82) is 0 Å². The van der Waals surface area contributed by atoms with Gasteiger partial charge in [0.25, 0.3) is 5.91 Å². The average Bonchev–Trinajstić information content (AvgIpc) is 2.94. The Balaban J connectivity index is 1.81. The summed E-state index contributed by atoms with van der Waals surface area (Å²) in [6.45, 7) is 6.55. The largest absolute Gasteiger partial charge is 0.494 e. The SMILES string of the molecule is COc1ccccc1N=C1NC(=O)C(=Cc2ccc(C(C)(C)C)cc2)S1. The van der Waals surface area contributed by atoms with Crippen LogP contribution in [0.4, 0.5) is 5.69 Å². The van der Waals surface area contributed by atoms with Crippen LogP contribution in [-0.4, -0.2) is 18.2 Å². The highest BCUT2D eigenvalue weighted by molar-refractivity contribution is 8.18. The second-order valence-electron chi connectivity index (χ2n) is 7.03. The van der Waals surface area contributed by atoms with E-state index < -0.39 is 0 Å². The van der Waals surface area contributed by atoms with Crippen molar-refractivity contribution in [2.75, 3.05) is 7.11 Å². The number of hydrogen-bond donors (Lipinski definition) is 1. The van der Waals surface area contributed by atoms with Crippen LogP contribution in [0.1, 0.15) is 31.9 Å². The minimum absolute atomic E-state index is 0.111. The molecular formula is C21H22N2O2S. The Morgan fingerprint density at radius 1 is 1.08 bits per heavy atom. The van der Waals surface area contributed by atoms with Crippen molar-refractivity contribution in [3.8, 4) is 5.75 Å². The van der Waals surface area contributed by atoms with Gasteiger partial charge in [0.1, 0.15) is 11.4 Å². The van der Waals surface area contributed by atoms with Crippen LogP contribution in [0.25, 0.3) is 6.08 Å². The van der Waals surface area contributed by atoms with E-state index in [9.17, 15) is 4.79 Å². The third kappa shape index (κ3) is 4.17. The van der Waals surface area contributed by atoms with E-state index in [1.807, 2.05) is 42.5 Å². The van der Waals surface area contributed by atoms with Gasteiger partial charge in [-0.1, -0.05) is 57.2 Å². The molecule has 0 bridgehead atoms. The van der Waals surface area contributed by atoms with Crippen LogP contribution in [0.2, 0.25) is 0 Å². The van der Waals surface area contributed by atoms with Crippen LogP contribution in [-0.2, 0) is 10.2 Å². The fourth-order valence-electron chi connectivity index (χ4n) is 2.54. The maximum atomic E-state index is 12.2. The van der Waals surface area contributed by atoms with Crippen molar-refractivity contribution < 1.29 is 9.53 Å². The fraction of sp³-hybridized carbons (Fsp3) is 0.238. The van der Waals surface area contributed by atoms with E-state index >= 15 is 0 Å². The average molecular weight is 366 g/mol. The molecule has 1 aliphatic heterocycles. The number of benzene rings is 2. The molecule has 0 spiro atoms. The zero-order valence-corrected chi connectivity index (χ0v) is 16.2. The third-order valence-electron chi connectivity index (χ3n) is 4.03. The van der Waals surface area contributed by atoms with Crippen molar-refractivity contribution in [1.82, 2.24) is 5.32 Å². The molecule has 1 saturated heterocycles. The van der Waals surface area contributed by atoms with Crippen molar-refractivity contribution in [3.63, 3.8) is 0 Å². The summed E-state index contributed by atoms with van der Waals surface area (Å²) in [7, 11) is 1.60. The Bertz CT molecular complexity index is 878. The molecule has 1 heterocycles. The number of ether oxygens (including phenoxy) is 1. The van der Waals surface area contributed by atoms with E-state index in [4.69, 9.17) is 4.74 Å². The van der Waals surface area contributed by atoms with E-state index in [1.54, 1.807) is 7.11 Å². The van der Waals surface area contributed by atoms with Crippen molar-refractivity contribution in [3.05, 3.63) is 64.6 Å². The second-order valence-corrected chi connectivity index (χ2v) is 8.06. The van der Waals surface area contributed by atoms with E-state index in [2.05, 4.69) is 43.2 Å². The number of amides is 1. The number of carbonyl (C=O) groups excluding carboxylic acids is 1. The van der Waals surface area contributed by atoms with Crippen molar-refractivity contribution in [2.45, 2.75) is 26.2 Å². The lowest BCUT2D eigenvalue weighted by molar-refractivity contribution is -0.115. The maximum Gasteiger partial charge on any atom is 0.264 e. The van der Waals surface area contributed by atoms with Gasteiger partial charge in [-0.15, -0.1) is 0 Å². The number of nitrogens with zero attached hydrogens (tertiary/aromatic N) is 1. The fourth-order valence-corrected chi connectivity index (χ4v) is 3.38. The van der Waals surface area contributed by atoms with Crippen LogP contribution in [0.5, 0.6) is 5.75 Å². The Morgan fingerprint density at radius 3 is 2.42 bits per heavy atom. The number of carbonyl (C=O) groups is 1. The number of nitrogens with one attached hydrogen (secondary N) is 1. The third-order valence-corrected chi connectivity index (χ3v) is 4.94. The Hall–Kier alpha value is -2.53. The molecule has 1 amide bonds. The molecule has 134 valence electrons.